The lowest BCUT2D eigenvalue weighted by molar-refractivity contribution is 0.393. The van der Waals surface area contributed by atoms with Crippen LogP contribution < -0.4 is 5.32 Å². The van der Waals surface area contributed by atoms with Crippen LogP contribution in [-0.2, 0) is 5.54 Å². The normalized spacial score (nSPS) is 15.4. The molecule has 1 nitrogen and oxygen atoms in total. The molecule has 1 heteroatoms. The second-order valence-corrected chi connectivity index (χ2v) is 6.97. The van der Waals surface area contributed by atoms with Crippen molar-refractivity contribution in [3.05, 3.63) is 108 Å². The molecule has 0 amide bonds. The Kier molecular flexibility index (Phi) is 4.67. The number of rotatable bonds is 5. The summed E-state index contributed by atoms with van der Waals surface area (Å²) in [5.74, 6) is 0. The zero-order valence-electron chi connectivity index (χ0n) is 14.6. The molecule has 1 saturated carbocycles. The Morgan fingerprint density at radius 2 is 0.920 bits per heavy atom. The molecule has 0 atom stereocenters. The molecular formula is C24H25N. The average molecular weight is 327 g/mol. The summed E-state index contributed by atoms with van der Waals surface area (Å²) < 4.78 is 0. The summed E-state index contributed by atoms with van der Waals surface area (Å²) in [5.41, 5.74) is 3.61. The van der Waals surface area contributed by atoms with Crippen molar-refractivity contribution in [2.45, 2.75) is 37.3 Å². The smallest absolute Gasteiger partial charge is 0.0950 e. The van der Waals surface area contributed by atoms with Crippen LogP contribution in [0.2, 0.25) is 0 Å². The van der Waals surface area contributed by atoms with Crippen molar-refractivity contribution in [3.8, 4) is 0 Å². The predicted octanol–water partition coefficient (Wildman–Crippen LogP) is 5.51. The third-order valence-electron chi connectivity index (χ3n) is 5.40. The minimum Gasteiger partial charge on any atom is -0.297 e. The zero-order valence-corrected chi connectivity index (χ0v) is 14.6. The molecule has 4 rings (SSSR count). The van der Waals surface area contributed by atoms with Crippen LogP contribution in [0.1, 0.15) is 42.4 Å². The molecule has 1 aliphatic rings. The molecule has 1 fully saturated rings. The number of benzene rings is 3. The summed E-state index contributed by atoms with van der Waals surface area (Å²) in [6.07, 6.45) is 5.17. The quantitative estimate of drug-likeness (QED) is 0.609. The van der Waals surface area contributed by atoms with Crippen molar-refractivity contribution < 1.29 is 0 Å². The van der Waals surface area contributed by atoms with Crippen LogP contribution in [0.25, 0.3) is 0 Å². The highest BCUT2D eigenvalue weighted by molar-refractivity contribution is 5.49. The van der Waals surface area contributed by atoms with Gasteiger partial charge in [0.25, 0.3) is 0 Å². The maximum atomic E-state index is 4.08. The van der Waals surface area contributed by atoms with Crippen molar-refractivity contribution in [1.29, 1.82) is 0 Å². The minimum atomic E-state index is -0.307. The Hall–Kier alpha value is -2.38. The molecule has 25 heavy (non-hydrogen) atoms. The molecule has 1 aliphatic carbocycles. The van der Waals surface area contributed by atoms with E-state index in [2.05, 4.69) is 96.3 Å². The van der Waals surface area contributed by atoms with Crippen LogP contribution in [0.4, 0.5) is 0 Å². The lowest BCUT2D eigenvalue weighted by atomic mass is 9.76. The predicted molar refractivity (Wildman–Crippen MR) is 105 cm³/mol. The topological polar surface area (TPSA) is 12.0 Å². The fourth-order valence-corrected chi connectivity index (χ4v) is 4.19. The summed E-state index contributed by atoms with van der Waals surface area (Å²) >= 11 is 0. The second kappa shape index (κ2) is 7.25. The van der Waals surface area contributed by atoms with Gasteiger partial charge in [0.2, 0.25) is 0 Å². The van der Waals surface area contributed by atoms with E-state index in [1.54, 1.807) is 0 Å². The molecule has 0 radical (unpaired) electrons. The first kappa shape index (κ1) is 16.1. The van der Waals surface area contributed by atoms with Crippen LogP contribution in [0.3, 0.4) is 0 Å². The molecule has 0 aliphatic heterocycles. The highest BCUT2D eigenvalue weighted by atomic mass is 15.0. The molecular weight excluding hydrogens is 302 g/mol. The van der Waals surface area contributed by atoms with E-state index >= 15 is 0 Å². The third-order valence-corrected chi connectivity index (χ3v) is 5.40. The standard InChI is InChI=1S/C24H25N/c1-4-12-20(13-5-1)24(21-14-6-2-7-15-21,22-16-8-3-9-17-22)25-23-18-10-11-19-23/h1-9,12-17,23,25H,10-11,18-19H2. The molecule has 3 aromatic rings. The van der Waals surface area contributed by atoms with E-state index in [1.165, 1.54) is 42.4 Å². The van der Waals surface area contributed by atoms with E-state index in [4.69, 9.17) is 0 Å². The largest absolute Gasteiger partial charge is 0.297 e. The maximum absolute atomic E-state index is 4.08. The molecule has 0 unspecified atom stereocenters. The van der Waals surface area contributed by atoms with Crippen LogP contribution in [0.5, 0.6) is 0 Å². The lowest BCUT2D eigenvalue weighted by Gasteiger charge is -2.39. The van der Waals surface area contributed by atoms with Crippen LogP contribution in [-0.4, -0.2) is 6.04 Å². The lowest BCUT2D eigenvalue weighted by Crippen LogP contribution is -2.49. The molecule has 0 heterocycles. The molecule has 0 spiro atoms. The molecule has 3 aromatic carbocycles. The monoisotopic (exact) mass is 327 g/mol. The van der Waals surface area contributed by atoms with E-state index in [0.29, 0.717) is 6.04 Å². The van der Waals surface area contributed by atoms with Crippen molar-refractivity contribution >= 4 is 0 Å². The van der Waals surface area contributed by atoms with E-state index in [0.717, 1.165) is 0 Å². The van der Waals surface area contributed by atoms with Crippen molar-refractivity contribution in [2.75, 3.05) is 0 Å². The summed E-state index contributed by atoms with van der Waals surface area (Å²) in [6, 6.07) is 33.2. The molecule has 126 valence electrons. The van der Waals surface area contributed by atoms with Gasteiger partial charge in [-0.3, -0.25) is 5.32 Å². The third kappa shape index (κ3) is 3.12. The highest BCUT2D eigenvalue weighted by Crippen LogP contribution is 2.38. The van der Waals surface area contributed by atoms with E-state index in [9.17, 15) is 0 Å². The van der Waals surface area contributed by atoms with Gasteiger partial charge in [0.15, 0.2) is 0 Å². The minimum absolute atomic E-state index is 0.307. The van der Waals surface area contributed by atoms with Crippen molar-refractivity contribution in [1.82, 2.24) is 5.32 Å². The van der Waals surface area contributed by atoms with Gasteiger partial charge in [-0.1, -0.05) is 104 Å². The number of nitrogens with one attached hydrogen (secondary N) is 1. The van der Waals surface area contributed by atoms with Gasteiger partial charge >= 0.3 is 0 Å². The van der Waals surface area contributed by atoms with Gasteiger partial charge in [-0.05, 0) is 29.5 Å². The summed E-state index contributed by atoms with van der Waals surface area (Å²) in [4.78, 5) is 0. The maximum Gasteiger partial charge on any atom is 0.0950 e. The summed E-state index contributed by atoms with van der Waals surface area (Å²) in [7, 11) is 0. The van der Waals surface area contributed by atoms with Gasteiger partial charge in [-0.25, -0.2) is 0 Å². The van der Waals surface area contributed by atoms with Gasteiger partial charge < -0.3 is 0 Å². The van der Waals surface area contributed by atoms with Gasteiger partial charge in [0.1, 0.15) is 0 Å². The Balaban J connectivity index is 1.93. The average Bonchev–Trinajstić information content (AvgIpc) is 3.21. The van der Waals surface area contributed by atoms with Gasteiger partial charge in [0.05, 0.1) is 5.54 Å². The van der Waals surface area contributed by atoms with Crippen LogP contribution in [0, 0.1) is 0 Å². The number of hydrogen-bond donors (Lipinski definition) is 1. The molecule has 1 N–H and O–H groups in total. The highest BCUT2D eigenvalue weighted by Gasteiger charge is 2.38. The van der Waals surface area contributed by atoms with Gasteiger partial charge in [0, 0.05) is 6.04 Å². The number of hydrogen-bond acceptors (Lipinski definition) is 1. The van der Waals surface area contributed by atoms with Gasteiger partial charge in [-0.15, -0.1) is 0 Å². The first-order chi connectivity index (χ1) is 12.4. The zero-order chi connectivity index (χ0) is 17.0. The van der Waals surface area contributed by atoms with E-state index in [-0.39, 0.29) is 5.54 Å². The summed E-state index contributed by atoms with van der Waals surface area (Å²) in [6.45, 7) is 0. The fourth-order valence-electron chi connectivity index (χ4n) is 4.19. The Morgan fingerprint density at radius 1 is 0.560 bits per heavy atom. The van der Waals surface area contributed by atoms with Crippen molar-refractivity contribution in [3.63, 3.8) is 0 Å². The molecule has 0 bridgehead atoms. The summed E-state index contributed by atoms with van der Waals surface area (Å²) in [5, 5.41) is 4.08. The van der Waals surface area contributed by atoms with Crippen LogP contribution in [0.15, 0.2) is 91.0 Å². The Labute approximate surface area is 150 Å². The second-order valence-electron chi connectivity index (χ2n) is 6.97. The fraction of sp³-hybridized carbons (Fsp3) is 0.250. The first-order valence-corrected chi connectivity index (χ1v) is 9.34. The van der Waals surface area contributed by atoms with Crippen LogP contribution >= 0.6 is 0 Å². The Morgan fingerprint density at radius 3 is 1.28 bits per heavy atom. The molecule has 0 aromatic heterocycles. The van der Waals surface area contributed by atoms with E-state index < -0.39 is 0 Å². The Bertz CT molecular complexity index is 677. The molecule has 0 saturated heterocycles. The first-order valence-electron chi connectivity index (χ1n) is 9.34. The van der Waals surface area contributed by atoms with E-state index in [1.807, 2.05) is 0 Å². The van der Waals surface area contributed by atoms with Crippen molar-refractivity contribution in [2.24, 2.45) is 0 Å². The SMILES string of the molecule is c1ccc(C(NC2CCCC2)(c2ccccc2)c2ccccc2)cc1. The van der Waals surface area contributed by atoms with Gasteiger partial charge in [-0.2, -0.15) is 0 Å².